The predicted molar refractivity (Wildman–Crippen MR) is 66.8 cm³/mol. The van der Waals surface area contributed by atoms with Crippen molar-refractivity contribution >= 4 is 7.37 Å². The summed E-state index contributed by atoms with van der Waals surface area (Å²) in [5.41, 5.74) is 0. The third-order valence-electron chi connectivity index (χ3n) is 3.58. The highest BCUT2D eigenvalue weighted by Gasteiger charge is 2.34. The van der Waals surface area contributed by atoms with Crippen molar-refractivity contribution in [2.75, 3.05) is 13.0 Å². The molecule has 1 saturated carbocycles. The average Bonchev–Trinajstić information content (AvgIpc) is 2.16. The van der Waals surface area contributed by atoms with E-state index in [4.69, 9.17) is 9.63 Å². The van der Waals surface area contributed by atoms with Crippen LogP contribution in [-0.2, 0) is 9.09 Å². The Morgan fingerprint density at radius 3 is 2.56 bits per heavy atom. The Labute approximate surface area is 99.0 Å². The maximum absolute atomic E-state index is 11.9. The number of rotatable bonds is 4. The maximum atomic E-state index is 11.9. The molecule has 0 heterocycles. The average molecular weight is 248 g/mol. The van der Waals surface area contributed by atoms with Crippen molar-refractivity contribution < 1.29 is 14.2 Å². The summed E-state index contributed by atoms with van der Waals surface area (Å²) in [5, 5.41) is 9.03. The maximum Gasteiger partial charge on any atom is 0.225 e. The lowest BCUT2D eigenvalue weighted by molar-refractivity contribution is 0.0462. The molecule has 0 aromatic heterocycles. The number of aliphatic hydroxyl groups is 1. The van der Waals surface area contributed by atoms with Gasteiger partial charge in [-0.1, -0.05) is 27.2 Å². The zero-order chi connectivity index (χ0) is 12.3. The first-order valence-corrected chi connectivity index (χ1v) is 8.47. The second-order valence-corrected chi connectivity index (χ2v) is 8.15. The molecule has 3 nitrogen and oxygen atoms in total. The predicted octanol–water partition coefficient (Wildman–Crippen LogP) is 3.32. The molecule has 1 rings (SSSR count). The van der Waals surface area contributed by atoms with Crippen molar-refractivity contribution in [1.82, 2.24) is 0 Å². The van der Waals surface area contributed by atoms with Gasteiger partial charge >= 0.3 is 0 Å². The molecule has 0 radical (unpaired) electrons. The second kappa shape index (κ2) is 5.66. The first-order valence-electron chi connectivity index (χ1n) is 6.21. The summed E-state index contributed by atoms with van der Waals surface area (Å²) >= 11 is 0. The zero-order valence-electron chi connectivity index (χ0n) is 10.8. The smallest absolute Gasteiger partial charge is 0.225 e. The number of hydrogen-bond donors (Lipinski definition) is 1. The van der Waals surface area contributed by atoms with E-state index in [2.05, 4.69) is 20.8 Å². The van der Waals surface area contributed by atoms with Crippen molar-refractivity contribution in [3.8, 4) is 0 Å². The molecule has 0 spiro atoms. The van der Waals surface area contributed by atoms with Gasteiger partial charge in [-0.2, -0.15) is 0 Å². The summed E-state index contributed by atoms with van der Waals surface area (Å²) in [6, 6.07) is 0. The highest BCUT2D eigenvalue weighted by molar-refractivity contribution is 7.57. The SMILES string of the molecule is CC(C)[C@@H]1CC[C@@H](C)C[C@H]1O[P@@](C)(=O)CO. The summed E-state index contributed by atoms with van der Waals surface area (Å²) in [5.74, 6) is 1.67. The molecule has 1 fully saturated rings. The lowest BCUT2D eigenvalue weighted by atomic mass is 9.75. The van der Waals surface area contributed by atoms with E-state index in [-0.39, 0.29) is 12.5 Å². The quantitative estimate of drug-likeness (QED) is 0.776. The molecule has 96 valence electrons. The van der Waals surface area contributed by atoms with Crippen molar-refractivity contribution in [2.24, 2.45) is 17.8 Å². The molecule has 4 atom stereocenters. The zero-order valence-corrected chi connectivity index (χ0v) is 11.7. The van der Waals surface area contributed by atoms with Crippen LogP contribution >= 0.6 is 7.37 Å². The van der Waals surface area contributed by atoms with E-state index >= 15 is 0 Å². The van der Waals surface area contributed by atoms with E-state index in [1.807, 2.05) is 0 Å². The minimum absolute atomic E-state index is 0.0618. The van der Waals surface area contributed by atoms with E-state index < -0.39 is 7.37 Å². The standard InChI is InChI=1S/C12H25O3P/c1-9(2)11-6-5-10(3)7-12(11)15-16(4,14)8-13/h9-13H,5-8H2,1-4H3/t10-,11+,12-,16-/m1/s1. The van der Waals surface area contributed by atoms with Crippen molar-refractivity contribution in [2.45, 2.75) is 46.1 Å². The van der Waals surface area contributed by atoms with Gasteiger partial charge in [0.05, 0.1) is 6.10 Å². The third kappa shape index (κ3) is 3.87. The van der Waals surface area contributed by atoms with Crippen LogP contribution in [-0.4, -0.2) is 24.2 Å². The Bertz CT molecular complexity index is 265. The topological polar surface area (TPSA) is 46.5 Å². The van der Waals surface area contributed by atoms with Crippen LogP contribution in [0.4, 0.5) is 0 Å². The minimum Gasteiger partial charge on any atom is -0.386 e. The van der Waals surface area contributed by atoms with E-state index in [1.54, 1.807) is 0 Å². The molecule has 16 heavy (non-hydrogen) atoms. The van der Waals surface area contributed by atoms with Crippen LogP contribution in [0.15, 0.2) is 0 Å². The van der Waals surface area contributed by atoms with Gasteiger partial charge in [-0.05, 0) is 30.6 Å². The molecule has 0 aromatic carbocycles. The Morgan fingerprint density at radius 2 is 2.06 bits per heavy atom. The van der Waals surface area contributed by atoms with Gasteiger partial charge in [0, 0.05) is 6.66 Å². The lowest BCUT2D eigenvalue weighted by Gasteiger charge is -2.38. The fraction of sp³-hybridized carbons (Fsp3) is 1.00. The first kappa shape index (κ1) is 14.2. The van der Waals surface area contributed by atoms with E-state index in [0.717, 1.165) is 12.8 Å². The van der Waals surface area contributed by atoms with Gasteiger partial charge in [0.25, 0.3) is 0 Å². The van der Waals surface area contributed by atoms with Crippen LogP contribution in [0.25, 0.3) is 0 Å². The normalized spacial score (nSPS) is 35.0. The molecule has 0 amide bonds. The van der Waals surface area contributed by atoms with Crippen molar-refractivity contribution in [1.29, 1.82) is 0 Å². The molecule has 0 unspecified atom stereocenters. The van der Waals surface area contributed by atoms with Gasteiger partial charge in [0.15, 0.2) is 0 Å². The molecule has 4 heteroatoms. The van der Waals surface area contributed by atoms with Gasteiger partial charge in [-0.3, -0.25) is 4.57 Å². The highest BCUT2D eigenvalue weighted by Crippen LogP contribution is 2.48. The van der Waals surface area contributed by atoms with E-state index in [0.29, 0.717) is 17.8 Å². The molecule has 0 saturated heterocycles. The summed E-state index contributed by atoms with van der Waals surface area (Å²) in [4.78, 5) is 0. The molecule has 0 aliphatic heterocycles. The summed E-state index contributed by atoms with van der Waals surface area (Å²) < 4.78 is 17.5. The highest BCUT2D eigenvalue weighted by atomic mass is 31.2. The molecule has 0 aromatic rings. The monoisotopic (exact) mass is 248 g/mol. The Kier molecular flexibility index (Phi) is 5.03. The number of hydrogen-bond acceptors (Lipinski definition) is 3. The molecule has 1 N–H and O–H groups in total. The Hall–Kier alpha value is 0.150. The fourth-order valence-corrected chi connectivity index (χ4v) is 3.44. The van der Waals surface area contributed by atoms with E-state index in [1.165, 1.54) is 13.1 Å². The van der Waals surface area contributed by atoms with Crippen LogP contribution in [0.1, 0.15) is 40.0 Å². The summed E-state index contributed by atoms with van der Waals surface area (Å²) in [6.07, 6.45) is 3.07. The molecule has 1 aliphatic carbocycles. The Balaban J connectivity index is 2.68. The van der Waals surface area contributed by atoms with Gasteiger partial charge in [-0.15, -0.1) is 0 Å². The van der Waals surface area contributed by atoms with Crippen molar-refractivity contribution in [3.05, 3.63) is 0 Å². The van der Waals surface area contributed by atoms with Gasteiger partial charge in [0.2, 0.25) is 7.37 Å². The van der Waals surface area contributed by atoms with Crippen LogP contribution in [0.2, 0.25) is 0 Å². The molecule has 0 bridgehead atoms. The summed E-state index contributed by atoms with van der Waals surface area (Å²) in [6.45, 7) is 8.13. The van der Waals surface area contributed by atoms with Crippen molar-refractivity contribution in [3.63, 3.8) is 0 Å². The number of aliphatic hydroxyl groups excluding tert-OH is 1. The van der Waals surface area contributed by atoms with Crippen LogP contribution in [0.3, 0.4) is 0 Å². The van der Waals surface area contributed by atoms with Gasteiger partial charge in [-0.25, -0.2) is 0 Å². The van der Waals surface area contributed by atoms with Crippen LogP contribution < -0.4 is 0 Å². The second-order valence-electron chi connectivity index (χ2n) is 5.63. The van der Waals surface area contributed by atoms with Crippen LogP contribution in [0, 0.1) is 17.8 Å². The van der Waals surface area contributed by atoms with E-state index in [9.17, 15) is 4.57 Å². The minimum atomic E-state index is -2.79. The summed E-state index contributed by atoms with van der Waals surface area (Å²) in [7, 11) is -2.79. The fourth-order valence-electron chi connectivity index (χ4n) is 2.56. The molecular formula is C12H25O3P. The Morgan fingerprint density at radius 1 is 1.44 bits per heavy atom. The largest absolute Gasteiger partial charge is 0.386 e. The third-order valence-corrected chi connectivity index (χ3v) is 4.81. The van der Waals surface area contributed by atoms with Crippen LogP contribution in [0.5, 0.6) is 0 Å². The van der Waals surface area contributed by atoms with Gasteiger partial charge in [0.1, 0.15) is 6.35 Å². The lowest BCUT2D eigenvalue weighted by Crippen LogP contribution is -2.33. The molecule has 1 aliphatic rings. The molecular weight excluding hydrogens is 223 g/mol. The first-order chi connectivity index (χ1) is 7.35. The van der Waals surface area contributed by atoms with Gasteiger partial charge < -0.3 is 9.63 Å².